The fourth-order valence-corrected chi connectivity index (χ4v) is 2.02. The van der Waals surface area contributed by atoms with Gasteiger partial charge in [0.2, 0.25) is 0 Å². The zero-order chi connectivity index (χ0) is 17.1. The number of nitrogens with one attached hydrogen (secondary N) is 1. The predicted octanol–water partition coefficient (Wildman–Crippen LogP) is 2.33. The van der Waals surface area contributed by atoms with Crippen LogP contribution in [0.1, 0.15) is 24.8 Å². The van der Waals surface area contributed by atoms with Gasteiger partial charge < -0.3 is 15.2 Å². The Morgan fingerprint density at radius 3 is 2.57 bits per heavy atom. The molecule has 6 heteroatoms. The highest BCUT2D eigenvalue weighted by Gasteiger charge is 2.23. The third-order valence-corrected chi connectivity index (χ3v) is 3.12. The Labute approximate surface area is 135 Å². The summed E-state index contributed by atoms with van der Waals surface area (Å²) in [5.41, 5.74) is 1.11. The first-order chi connectivity index (χ1) is 11.0. The average Bonchev–Trinajstić information content (AvgIpc) is 2.52. The smallest absolute Gasteiger partial charge is 0.408 e. The Hall–Kier alpha value is -2.63. The summed E-state index contributed by atoms with van der Waals surface area (Å²) in [6.07, 6.45) is 1.58. The first-order valence-electron chi connectivity index (χ1n) is 7.35. The lowest BCUT2D eigenvalue weighted by molar-refractivity contribution is -0.139. The number of ketones is 1. The number of rotatable bonds is 10. The summed E-state index contributed by atoms with van der Waals surface area (Å²) >= 11 is 0. The number of carbonyl (C=O) groups is 3. The van der Waals surface area contributed by atoms with Crippen molar-refractivity contribution in [3.8, 4) is 0 Å². The van der Waals surface area contributed by atoms with Crippen molar-refractivity contribution in [3.05, 3.63) is 48.6 Å². The van der Waals surface area contributed by atoms with E-state index in [1.165, 1.54) is 6.08 Å². The molecule has 124 valence electrons. The lowest BCUT2D eigenvalue weighted by Crippen LogP contribution is -2.42. The minimum absolute atomic E-state index is 0.00613. The van der Waals surface area contributed by atoms with Gasteiger partial charge in [-0.1, -0.05) is 43.0 Å². The first kappa shape index (κ1) is 18.4. The van der Waals surface area contributed by atoms with Gasteiger partial charge in [-0.3, -0.25) is 9.59 Å². The Bertz CT molecular complexity index is 541. The molecule has 0 aliphatic heterocycles. The van der Waals surface area contributed by atoms with Crippen LogP contribution in [0.5, 0.6) is 0 Å². The van der Waals surface area contributed by atoms with Gasteiger partial charge in [-0.25, -0.2) is 4.79 Å². The van der Waals surface area contributed by atoms with Gasteiger partial charge in [-0.05, 0) is 18.4 Å². The van der Waals surface area contributed by atoms with Crippen LogP contribution < -0.4 is 5.32 Å². The summed E-state index contributed by atoms with van der Waals surface area (Å²) in [4.78, 5) is 34.4. The molecule has 1 aromatic rings. The molecule has 0 aliphatic rings. The molecule has 0 aromatic heterocycles. The Morgan fingerprint density at radius 2 is 1.96 bits per heavy atom. The minimum Gasteiger partial charge on any atom is -0.481 e. The van der Waals surface area contributed by atoms with Crippen LogP contribution >= 0.6 is 0 Å². The van der Waals surface area contributed by atoms with Crippen LogP contribution in [0.25, 0.3) is 0 Å². The molecule has 0 heterocycles. The van der Waals surface area contributed by atoms with Crippen molar-refractivity contribution in [1.82, 2.24) is 5.32 Å². The summed E-state index contributed by atoms with van der Waals surface area (Å²) in [5, 5.41) is 11.2. The SMILES string of the molecule is C=CCOC(=O)NC(CC(=O)O)C(=O)CCCc1ccccc1. The molecule has 23 heavy (non-hydrogen) atoms. The molecule has 1 atom stereocenters. The maximum Gasteiger partial charge on any atom is 0.408 e. The summed E-state index contributed by atoms with van der Waals surface area (Å²) in [7, 11) is 0. The zero-order valence-corrected chi connectivity index (χ0v) is 12.9. The number of Topliss-reactive ketones (excluding diaryl/α,β-unsaturated/α-hetero) is 1. The van der Waals surface area contributed by atoms with Gasteiger partial charge in [0.05, 0.1) is 6.42 Å². The number of ether oxygens (including phenoxy) is 1. The van der Waals surface area contributed by atoms with E-state index < -0.39 is 24.5 Å². The van der Waals surface area contributed by atoms with E-state index in [1.54, 1.807) is 0 Å². The number of carboxylic acid groups (broad SMARTS) is 1. The van der Waals surface area contributed by atoms with Crippen molar-refractivity contribution in [3.63, 3.8) is 0 Å². The van der Waals surface area contributed by atoms with Gasteiger partial charge in [0, 0.05) is 6.42 Å². The number of hydrogen-bond donors (Lipinski definition) is 2. The summed E-state index contributed by atoms with van der Waals surface area (Å²) in [6.45, 7) is 3.39. The quantitative estimate of drug-likeness (QED) is 0.646. The van der Waals surface area contributed by atoms with Crippen LogP contribution in [0.4, 0.5) is 4.79 Å². The van der Waals surface area contributed by atoms with Crippen molar-refractivity contribution in [1.29, 1.82) is 0 Å². The summed E-state index contributed by atoms with van der Waals surface area (Å²) in [5.74, 6) is -1.48. The second kappa shape index (κ2) is 10.2. The number of amides is 1. The molecule has 6 nitrogen and oxygen atoms in total. The molecular formula is C17H21NO5. The Balaban J connectivity index is 2.49. The van der Waals surface area contributed by atoms with E-state index in [4.69, 9.17) is 9.84 Å². The van der Waals surface area contributed by atoms with Gasteiger partial charge >= 0.3 is 12.1 Å². The van der Waals surface area contributed by atoms with Crippen molar-refractivity contribution in [2.24, 2.45) is 0 Å². The highest BCUT2D eigenvalue weighted by molar-refractivity contribution is 5.90. The Morgan fingerprint density at radius 1 is 1.26 bits per heavy atom. The molecule has 1 rings (SSSR count). The van der Waals surface area contributed by atoms with E-state index in [2.05, 4.69) is 11.9 Å². The third-order valence-electron chi connectivity index (χ3n) is 3.12. The van der Waals surface area contributed by atoms with Crippen LogP contribution in [-0.4, -0.2) is 35.6 Å². The first-order valence-corrected chi connectivity index (χ1v) is 7.35. The van der Waals surface area contributed by atoms with E-state index >= 15 is 0 Å². The molecule has 0 spiro atoms. The number of hydrogen-bond acceptors (Lipinski definition) is 4. The molecule has 0 saturated carbocycles. The molecule has 0 radical (unpaired) electrons. The zero-order valence-electron chi connectivity index (χ0n) is 12.9. The number of aliphatic carboxylic acids is 1. The highest BCUT2D eigenvalue weighted by Crippen LogP contribution is 2.07. The largest absolute Gasteiger partial charge is 0.481 e. The van der Waals surface area contributed by atoms with Crippen LogP contribution in [0.3, 0.4) is 0 Å². The highest BCUT2D eigenvalue weighted by atomic mass is 16.5. The molecule has 0 bridgehead atoms. The average molecular weight is 319 g/mol. The molecule has 0 aliphatic carbocycles. The van der Waals surface area contributed by atoms with Crippen LogP contribution in [0.15, 0.2) is 43.0 Å². The van der Waals surface area contributed by atoms with Crippen LogP contribution in [0.2, 0.25) is 0 Å². The van der Waals surface area contributed by atoms with Gasteiger partial charge in [0.25, 0.3) is 0 Å². The predicted molar refractivity (Wildman–Crippen MR) is 85.1 cm³/mol. The normalized spacial score (nSPS) is 11.3. The maximum absolute atomic E-state index is 12.1. The lowest BCUT2D eigenvalue weighted by Gasteiger charge is -2.15. The minimum atomic E-state index is -1.16. The maximum atomic E-state index is 12.1. The number of carboxylic acids is 1. The number of alkyl carbamates (subject to hydrolysis) is 1. The van der Waals surface area contributed by atoms with Crippen molar-refractivity contribution >= 4 is 17.8 Å². The van der Waals surface area contributed by atoms with E-state index in [0.29, 0.717) is 12.8 Å². The van der Waals surface area contributed by atoms with Gasteiger partial charge in [-0.2, -0.15) is 0 Å². The Kier molecular flexibility index (Phi) is 8.13. The van der Waals surface area contributed by atoms with E-state index in [9.17, 15) is 14.4 Å². The number of carbonyl (C=O) groups excluding carboxylic acids is 2. The van der Waals surface area contributed by atoms with Crippen LogP contribution in [-0.2, 0) is 20.7 Å². The van der Waals surface area contributed by atoms with Crippen molar-refractivity contribution < 1.29 is 24.2 Å². The fraction of sp³-hybridized carbons (Fsp3) is 0.353. The molecule has 0 saturated heterocycles. The third kappa shape index (κ3) is 7.80. The van der Waals surface area contributed by atoms with E-state index in [1.807, 2.05) is 30.3 Å². The molecule has 1 unspecified atom stereocenters. The topological polar surface area (TPSA) is 92.7 Å². The second-order valence-corrected chi connectivity index (χ2v) is 4.99. The summed E-state index contributed by atoms with van der Waals surface area (Å²) < 4.78 is 4.71. The monoisotopic (exact) mass is 319 g/mol. The van der Waals surface area contributed by atoms with Crippen LogP contribution in [0, 0.1) is 0 Å². The van der Waals surface area contributed by atoms with Gasteiger partial charge in [-0.15, -0.1) is 0 Å². The fourth-order valence-electron chi connectivity index (χ4n) is 2.02. The van der Waals surface area contributed by atoms with Gasteiger partial charge in [0.15, 0.2) is 5.78 Å². The van der Waals surface area contributed by atoms with E-state index in [-0.39, 0.29) is 18.8 Å². The van der Waals surface area contributed by atoms with Gasteiger partial charge in [0.1, 0.15) is 12.6 Å². The lowest BCUT2D eigenvalue weighted by atomic mass is 10.0. The van der Waals surface area contributed by atoms with E-state index in [0.717, 1.165) is 5.56 Å². The van der Waals surface area contributed by atoms with Crippen molar-refractivity contribution in [2.75, 3.05) is 6.61 Å². The molecule has 0 fully saturated rings. The second-order valence-electron chi connectivity index (χ2n) is 4.99. The number of aryl methyl sites for hydroxylation is 1. The standard InChI is InChI=1S/C17H21NO5/c1-2-11-23-17(22)18-14(12-16(20)21)15(19)10-6-9-13-7-4-3-5-8-13/h2-5,7-8,14H,1,6,9-12H2,(H,18,22)(H,20,21). The summed E-state index contributed by atoms with van der Waals surface area (Å²) in [6, 6.07) is 8.59. The molecule has 1 amide bonds. The molecule has 2 N–H and O–H groups in total. The molecule has 1 aromatic carbocycles. The number of benzene rings is 1. The van der Waals surface area contributed by atoms with Crippen molar-refractivity contribution in [2.45, 2.75) is 31.7 Å². The molecular weight excluding hydrogens is 298 g/mol.